The summed E-state index contributed by atoms with van der Waals surface area (Å²) in [5, 5.41) is 12.3. The van der Waals surface area contributed by atoms with Crippen LogP contribution >= 0.6 is 0 Å². The van der Waals surface area contributed by atoms with E-state index in [1.54, 1.807) is 6.07 Å². The predicted octanol–water partition coefficient (Wildman–Crippen LogP) is 1.47. The van der Waals surface area contributed by atoms with Crippen LogP contribution in [0.1, 0.15) is 37.8 Å². The van der Waals surface area contributed by atoms with Crippen molar-refractivity contribution in [2.45, 2.75) is 33.2 Å². The number of rotatable bonds is 5. The molecule has 1 unspecified atom stereocenters. The molecule has 0 amide bonds. The summed E-state index contributed by atoms with van der Waals surface area (Å²) in [6, 6.07) is 1.72. The normalized spacial score (nSPS) is 12.9. The number of hydrogen-bond donors (Lipinski definition) is 2. The topological polar surface area (TPSA) is 84.3 Å². The second-order valence-electron chi connectivity index (χ2n) is 5.33. The Bertz CT molecular complexity index is 429. The summed E-state index contributed by atoms with van der Waals surface area (Å²) < 4.78 is 4.58. The Labute approximate surface area is 113 Å². The lowest BCUT2D eigenvalue weighted by molar-refractivity contribution is 0.0587. The Hall–Kier alpha value is -1.69. The summed E-state index contributed by atoms with van der Waals surface area (Å²) >= 11 is 0. The maximum Gasteiger partial charge on any atom is 0.376 e. The summed E-state index contributed by atoms with van der Waals surface area (Å²) in [6.07, 6.45) is 2.10. The van der Waals surface area contributed by atoms with Crippen molar-refractivity contribution in [1.82, 2.24) is 9.97 Å². The molecule has 106 valence electrons. The first-order chi connectivity index (χ1) is 8.88. The van der Waals surface area contributed by atoms with Gasteiger partial charge in [-0.25, -0.2) is 14.8 Å². The first-order valence-corrected chi connectivity index (χ1v) is 6.17. The SMILES string of the molecule is COC(=O)c1nccc(NC(CCO)C(C)(C)C)n1. The van der Waals surface area contributed by atoms with E-state index in [0.29, 0.717) is 12.2 Å². The number of aliphatic hydroxyl groups is 1. The number of anilines is 1. The quantitative estimate of drug-likeness (QED) is 0.786. The van der Waals surface area contributed by atoms with Crippen LogP contribution in [0.5, 0.6) is 0 Å². The van der Waals surface area contributed by atoms with Gasteiger partial charge in [0.15, 0.2) is 0 Å². The molecule has 0 saturated heterocycles. The highest BCUT2D eigenvalue weighted by molar-refractivity contribution is 5.85. The molecule has 0 spiro atoms. The molecule has 0 bridgehead atoms. The van der Waals surface area contributed by atoms with Crippen molar-refractivity contribution in [1.29, 1.82) is 0 Å². The van der Waals surface area contributed by atoms with Crippen molar-refractivity contribution in [2.75, 3.05) is 19.0 Å². The Balaban J connectivity index is 2.88. The molecule has 0 fully saturated rings. The van der Waals surface area contributed by atoms with Crippen LogP contribution in [0.25, 0.3) is 0 Å². The molecule has 0 radical (unpaired) electrons. The maximum atomic E-state index is 11.4. The van der Waals surface area contributed by atoms with Gasteiger partial charge < -0.3 is 15.2 Å². The van der Waals surface area contributed by atoms with Gasteiger partial charge in [0.05, 0.1) is 7.11 Å². The smallest absolute Gasteiger partial charge is 0.376 e. The summed E-state index contributed by atoms with van der Waals surface area (Å²) in [6.45, 7) is 6.30. The highest BCUT2D eigenvalue weighted by Gasteiger charge is 2.24. The van der Waals surface area contributed by atoms with E-state index in [1.807, 2.05) is 0 Å². The number of carbonyl (C=O) groups excluding carboxylic acids is 1. The molecule has 6 heteroatoms. The van der Waals surface area contributed by atoms with Crippen LogP contribution in [0, 0.1) is 5.41 Å². The molecular formula is C13H21N3O3. The molecule has 0 aliphatic rings. The molecule has 1 atom stereocenters. The molecule has 1 aromatic heterocycles. The average Bonchev–Trinajstić information content (AvgIpc) is 2.36. The van der Waals surface area contributed by atoms with Gasteiger partial charge in [-0.3, -0.25) is 0 Å². The number of carbonyl (C=O) groups is 1. The Morgan fingerprint density at radius 3 is 2.74 bits per heavy atom. The third-order valence-electron chi connectivity index (χ3n) is 2.81. The van der Waals surface area contributed by atoms with Gasteiger partial charge in [0.2, 0.25) is 5.82 Å². The van der Waals surface area contributed by atoms with Crippen LogP contribution in [0.4, 0.5) is 5.82 Å². The van der Waals surface area contributed by atoms with E-state index in [9.17, 15) is 4.79 Å². The van der Waals surface area contributed by atoms with Crippen molar-refractivity contribution in [3.8, 4) is 0 Å². The molecule has 0 aliphatic carbocycles. The van der Waals surface area contributed by atoms with Crippen LogP contribution in [0.15, 0.2) is 12.3 Å². The third-order valence-corrected chi connectivity index (χ3v) is 2.81. The fourth-order valence-electron chi connectivity index (χ4n) is 1.66. The maximum absolute atomic E-state index is 11.4. The van der Waals surface area contributed by atoms with Crippen LogP contribution in [-0.2, 0) is 4.74 Å². The molecule has 0 aliphatic heterocycles. The summed E-state index contributed by atoms with van der Waals surface area (Å²) in [4.78, 5) is 19.3. The van der Waals surface area contributed by atoms with Gasteiger partial charge in [-0.2, -0.15) is 0 Å². The third kappa shape index (κ3) is 4.48. The average molecular weight is 267 g/mol. The fourth-order valence-corrected chi connectivity index (χ4v) is 1.66. The number of esters is 1. The van der Waals surface area contributed by atoms with Crippen molar-refractivity contribution < 1.29 is 14.6 Å². The van der Waals surface area contributed by atoms with Gasteiger partial charge in [0, 0.05) is 18.8 Å². The molecule has 1 heterocycles. The summed E-state index contributed by atoms with van der Waals surface area (Å²) in [5.74, 6) is -0.00829. The molecular weight excluding hydrogens is 246 g/mol. The van der Waals surface area contributed by atoms with E-state index < -0.39 is 5.97 Å². The Morgan fingerprint density at radius 1 is 1.53 bits per heavy atom. The van der Waals surface area contributed by atoms with Crippen LogP contribution in [0.3, 0.4) is 0 Å². The molecule has 0 aromatic carbocycles. The molecule has 1 rings (SSSR count). The van der Waals surface area contributed by atoms with Gasteiger partial charge in [-0.15, -0.1) is 0 Å². The monoisotopic (exact) mass is 267 g/mol. The van der Waals surface area contributed by atoms with Gasteiger partial charge >= 0.3 is 5.97 Å². The number of ether oxygens (including phenoxy) is 1. The van der Waals surface area contributed by atoms with Crippen LogP contribution in [-0.4, -0.2) is 40.8 Å². The van der Waals surface area contributed by atoms with Crippen molar-refractivity contribution in [3.63, 3.8) is 0 Å². The van der Waals surface area contributed by atoms with E-state index in [2.05, 4.69) is 40.8 Å². The zero-order valence-corrected chi connectivity index (χ0v) is 11.8. The minimum atomic E-state index is -0.571. The second-order valence-corrected chi connectivity index (χ2v) is 5.33. The number of aromatic nitrogens is 2. The molecule has 2 N–H and O–H groups in total. The van der Waals surface area contributed by atoms with Crippen molar-refractivity contribution in [3.05, 3.63) is 18.1 Å². The number of aliphatic hydroxyl groups excluding tert-OH is 1. The van der Waals surface area contributed by atoms with E-state index >= 15 is 0 Å². The Kier molecular flexibility index (Phi) is 5.23. The molecule has 0 saturated carbocycles. The van der Waals surface area contributed by atoms with E-state index in [0.717, 1.165) is 0 Å². The number of methoxy groups -OCH3 is 1. The molecule has 6 nitrogen and oxygen atoms in total. The largest absolute Gasteiger partial charge is 0.463 e. The zero-order valence-electron chi connectivity index (χ0n) is 11.8. The molecule has 19 heavy (non-hydrogen) atoms. The van der Waals surface area contributed by atoms with Gasteiger partial charge in [-0.1, -0.05) is 20.8 Å². The highest BCUT2D eigenvalue weighted by atomic mass is 16.5. The summed E-state index contributed by atoms with van der Waals surface area (Å²) in [5.41, 5.74) is -0.0426. The Morgan fingerprint density at radius 2 is 2.21 bits per heavy atom. The lowest BCUT2D eigenvalue weighted by Crippen LogP contribution is -2.35. The van der Waals surface area contributed by atoms with Gasteiger partial charge in [-0.05, 0) is 17.9 Å². The highest BCUT2D eigenvalue weighted by Crippen LogP contribution is 2.24. The standard InChI is InChI=1S/C13H21N3O3/c1-13(2,3)9(6-8-17)15-10-5-7-14-11(16-10)12(18)19-4/h5,7,9,17H,6,8H2,1-4H3,(H,14,15,16). The number of nitrogens with one attached hydrogen (secondary N) is 1. The predicted molar refractivity (Wildman–Crippen MR) is 71.9 cm³/mol. The van der Waals surface area contributed by atoms with Crippen LogP contribution < -0.4 is 5.32 Å². The van der Waals surface area contributed by atoms with E-state index in [4.69, 9.17) is 5.11 Å². The van der Waals surface area contributed by atoms with Crippen molar-refractivity contribution >= 4 is 11.8 Å². The van der Waals surface area contributed by atoms with Crippen molar-refractivity contribution in [2.24, 2.45) is 5.41 Å². The number of nitrogens with zero attached hydrogens (tertiary/aromatic N) is 2. The molecule has 1 aromatic rings. The zero-order chi connectivity index (χ0) is 14.5. The minimum Gasteiger partial charge on any atom is -0.463 e. The lowest BCUT2D eigenvalue weighted by atomic mass is 9.85. The van der Waals surface area contributed by atoms with Crippen LogP contribution in [0.2, 0.25) is 0 Å². The van der Waals surface area contributed by atoms with Gasteiger partial charge in [0.25, 0.3) is 0 Å². The fraction of sp³-hybridized carbons (Fsp3) is 0.615. The summed E-state index contributed by atoms with van der Waals surface area (Å²) in [7, 11) is 1.29. The lowest BCUT2D eigenvalue weighted by Gasteiger charge is -2.31. The number of hydrogen-bond acceptors (Lipinski definition) is 6. The van der Waals surface area contributed by atoms with E-state index in [1.165, 1.54) is 13.3 Å². The first-order valence-electron chi connectivity index (χ1n) is 6.17. The van der Waals surface area contributed by atoms with Gasteiger partial charge in [0.1, 0.15) is 5.82 Å². The second kappa shape index (κ2) is 6.47. The minimum absolute atomic E-state index is 0.0177. The van der Waals surface area contributed by atoms with E-state index in [-0.39, 0.29) is 23.9 Å². The first kappa shape index (κ1) is 15.4.